The minimum atomic E-state index is -0.388. The molecule has 0 spiro atoms. The van der Waals surface area contributed by atoms with Crippen molar-refractivity contribution in [1.82, 2.24) is 9.97 Å². The van der Waals surface area contributed by atoms with Crippen molar-refractivity contribution in [3.05, 3.63) is 94.7 Å². The van der Waals surface area contributed by atoms with Crippen LogP contribution < -0.4 is 27.0 Å². The second-order valence-corrected chi connectivity index (χ2v) is 8.71. The standard InChI is InChI=1S/C28H29N7O2/c1-16-6-5-7-19(12-16)26(36)32-21-11-9-18(3)24(14-21)34-27(37)22-15-31-28(35-25(22)30-4)33-20-10-8-17(2)23(29)13-20/h5-15H,29H2,1-4H3,(H,32,36)(H,34,37)(H2,30,31,33,35). The third-order valence-corrected chi connectivity index (χ3v) is 5.83. The van der Waals surface area contributed by atoms with Gasteiger partial charge in [-0.25, -0.2) is 4.98 Å². The van der Waals surface area contributed by atoms with Crippen LogP contribution in [0, 0.1) is 20.8 Å². The molecule has 0 aliphatic carbocycles. The largest absolute Gasteiger partial charge is 0.398 e. The van der Waals surface area contributed by atoms with E-state index in [9.17, 15) is 9.59 Å². The minimum absolute atomic E-state index is 0.228. The molecule has 1 heterocycles. The first-order chi connectivity index (χ1) is 17.7. The number of nitrogens with two attached hydrogens (primary N) is 1. The maximum absolute atomic E-state index is 13.1. The fraction of sp³-hybridized carbons (Fsp3) is 0.143. The highest BCUT2D eigenvalue weighted by Gasteiger charge is 2.16. The number of aryl methyl sites for hydroxylation is 3. The molecule has 4 aromatic rings. The van der Waals surface area contributed by atoms with Crippen molar-refractivity contribution in [2.24, 2.45) is 0 Å². The topological polar surface area (TPSA) is 134 Å². The Hall–Kier alpha value is -4.92. The average molecular weight is 496 g/mol. The van der Waals surface area contributed by atoms with Crippen LogP contribution >= 0.6 is 0 Å². The number of hydrogen-bond acceptors (Lipinski definition) is 7. The summed E-state index contributed by atoms with van der Waals surface area (Å²) in [6, 6.07) is 18.3. The molecule has 6 N–H and O–H groups in total. The maximum atomic E-state index is 13.1. The van der Waals surface area contributed by atoms with E-state index in [0.717, 1.165) is 22.4 Å². The number of carbonyl (C=O) groups is 2. The van der Waals surface area contributed by atoms with Gasteiger partial charge in [0.05, 0.1) is 0 Å². The fourth-order valence-electron chi connectivity index (χ4n) is 3.66. The van der Waals surface area contributed by atoms with Crippen LogP contribution in [0.3, 0.4) is 0 Å². The summed E-state index contributed by atoms with van der Waals surface area (Å²) in [7, 11) is 1.68. The van der Waals surface area contributed by atoms with E-state index in [-0.39, 0.29) is 17.4 Å². The highest BCUT2D eigenvalue weighted by Crippen LogP contribution is 2.24. The van der Waals surface area contributed by atoms with Crippen LogP contribution in [0.25, 0.3) is 0 Å². The minimum Gasteiger partial charge on any atom is -0.398 e. The molecule has 0 aliphatic heterocycles. The monoisotopic (exact) mass is 495 g/mol. The summed E-state index contributed by atoms with van der Waals surface area (Å²) < 4.78 is 0. The zero-order chi connectivity index (χ0) is 26.5. The smallest absolute Gasteiger partial charge is 0.261 e. The molecule has 1 aromatic heterocycles. The van der Waals surface area contributed by atoms with Gasteiger partial charge >= 0.3 is 0 Å². The summed E-state index contributed by atoms with van der Waals surface area (Å²) in [5.41, 5.74) is 12.1. The van der Waals surface area contributed by atoms with Crippen molar-refractivity contribution in [2.45, 2.75) is 20.8 Å². The van der Waals surface area contributed by atoms with E-state index >= 15 is 0 Å². The molecule has 0 radical (unpaired) electrons. The highest BCUT2D eigenvalue weighted by atomic mass is 16.2. The fourth-order valence-corrected chi connectivity index (χ4v) is 3.66. The van der Waals surface area contributed by atoms with Gasteiger partial charge in [-0.2, -0.15) is 4.98 Å². The number of hydrogen-bond donors (Lipinski definition) is 5. The molecule has 2 amide bonds. The number of aromatic nitrogens is 2. The Balaban J connectivity index is 1.50. The van der Waals surface area contributed by atoms with Gasteiger partial charge in [-0.05, 0) is 68.3 Å². The quantitative estimate of drug-likeness (QED) is 0.220. The normalized spacial score (nSPS) is 10.5. The summed E-state index contributed by atoms with van der Waals surface area (Å²) in [5.74, 6) is 0.0627. The second kappa shape index (κ2) is 10.8. The number of nitrogen functional groups attached to an aromatic ring is 1. The van der Waals surface area contributed by atoms with Gasteiger partial charge < -0.3 is 27.0 Å². The van der Waals surface area contributed by atoms with Gasteiger partial charge in [0.2, 0.25) is 5.95 Å². The van der Waals surface area contributed by atoms with E-state index < -0.39 is 0 Å². The summed E-state index contributed by atoms with van der Waals surface area (Å²) in [6.07, 6.45) is 1.45. The van der Waals surface area contributed by atoms with E-state index in [1.54, 1.807) is 31.3 Å². The SMILES string of the molecule is CNc1nc(Nc2ccc(C)c(N)c2)ncc1C(=O)Nc1cc(NC(=O)c2cccc(C)c2)ccc1C. The first-order valence-corrected chi connectivity index (χ1v) is 11.7. The third-order valence-electron chi connectivity index (χ3n) is 5.83. The number of anilines is 6. The molecule has 3 aromatic carbocycles. The van der Waals surface area contributed by atoms with Crippen LogP contribution in [0.15, 0.2) is 66.9 Å². The van der Waals surface area contributed by atoms with Crippen LogP contribution in [-0.4, -0.2) is 28.8 Å². The Morgan fingerprint density at radius 3 is 2.32 bits per heavy atom. The summed E-state index contributed by atoms with van der Waals surface area (Å²) >= 11 is 0. The zero-order valence-electron chi connectivity index (χ0n) is 21.1. The van der Waals surface area contributed by atoms with E-state index in [1.807, 2.05) is 57.2 Å². The van der Waals surface area contributed by atoms with Crippen LogP contribution in [0.5, 0.6) is 0 Å². The van der Waals surface area contributed by atoms with Crippen molar-refractivity contribution in [3.8, 4) is 0 Å². The van der Waals surface area contributed by atoms with Gasteiger partial charge in [-0.15, -0.1) is 0 Å². The van der Waals surface area contributed by atoms with Crippen LogP contribution in [-0.2, 0) is 0 Å². The van der Waals surface area contributed by atoms with Gasteiger partial charge in [0.25, 0.3) is 11.8 Å². The van der Waals surface area contributed by atoms with Gasteiger partial charge in [-0.1, -0.05) is 29.8 Å². The lowest BCUT2D eigenvalue weighted by atomic mass is 10.1. The molecule has 4 rings (SSSR count). The molecule has 0 saturated carbocycles. The van der Waals surface area contributed by atoms with Crippen molar-refractivity contribution >= 4 is 46.3 Å². The predicted molar refractivity (Wildman–Crippen MR) is 149 cm³/mol. The third kappa shape index (κ3) is 6.02. The molecule has 37 heavy (non-hydrogen) atoms. The summed E-state index contributed by atoms with van der Waals surface area (Å²) in [4.78, 5) is 34.5. The van der Waals surface area contributed by atoms with Gasteiger partial charge in [0, 0.05) is 41.6 Å². The molecule has 0 aliphatic rings. The maximum Gasteiger partial charge on any atom is 0.261 e. The molecule has 0 atom stereocenters. The van der Waals surface area contributed by atoms with E-state index in [4.69, 9.17) is 5.73 Å². The first-order valence-electron chi connectivity index (χ1n) is 11.7. The van der Waals surface area contributed by atoms with Crippen LogP contribution in [0.2, 0.25) is 0 Å². The molecule has 188 valence electrons. The number of carbonyl (C=O) groups excluding carboxylic acids is 2. The van der Waals surface area contributed by atoms with Crippen molar-refractivity contribution in [1.29, 1.82) is 0 Å². The Morgan fingerprint density at radius 2 is 1.59 bits per heavy atom. The lowest BCUT2D eigenvalue weighted by Crippen LogP contribution is -2.17. The lowest BCUT2D eigenvalue weighted by Gasteiger charge is -2.14. The Kier molecular flexibility index (Phi) is 7.34. The van der Waals surface area contributed by atoms with Crippen molar-refractivity contribution in [2.75, 3.05) is 34.0 Å². The van der Waals surface area contributed by atoms with E-state index in [0.29, 0.717) is 34.4 Å². The number of rotatable bonds is 7. The number of nitrogens with zero attached hydrogens (tertiary/aromatic N) is 2. The van der Waals surface area contributed by atoms with Crippen molar-refractivity contribution < 1.29 is 9.59 Å². The average Bonchev–Trinajstić information content (AvgIpc) is 2.88. The molecule has 0 unspecified atom stereocenters. The zero-order valence-corrected chi connectivity index (χ0v) is 21.1. The number of amides is 2. The Bertz CT molecular complexity index is 1480. The Morgan fingerprint density at radius 1 is 0.838 bits per heavy atom. The number of nitrogens with one attached hydrogen (secondary N) is 4. The summed E-state index contributed by atoms with van der Waals surface area (Å²) in [6.45, 7) is 5.73. The first kappa shape index (κ1) is 25.2. The van der Waals surface area contributed by atoms with E-state index in [1.165, 1.54) is 6.20 Å². The molecular weight excluding hydrogens is 466 g/mol. The molecule has 0 fully saturated rings. The second-order valence-electron chi connectivity index (χ2n) is 8.71. The molecule has 9 nitrogen and oxygen atoms in total. The van der Waals surface area contributed by atoms with Crippen molar-refractivity contribution in [3.63, 3.8) is 0 Å². The van der Waals surface area contributed by atoms with Crippen LogP contribution in [0.1, 0.15) is 37.4 Å². The molecule has 9 heteroatoms. The van der Waals surface area contributed by atoms with Gasteiger partial charge in [0.1, 0.15) is 11.4 Å². The highest BCUT2D eigenvalue weighted by molar-refractivity contribution is 6.08. The molecule has 0 bridgehead atoms. The van der Waals surface area contributed by atoms with Gasteiger partial charge in [-0.3, -0.25) is 9.59 Å². The molecular formula is C28H29N7O2. The van der Waals surface area contributed by atoms with Crippen LogP contribution in [0.4, 0.5) is 34.5 Å². The van der Waals surface area contributed by atoms with Gasteiger partial charge in [0.15, 0.2) is 0 Å². The predicted octanol–water partition coefficient (Wildman–Crippen LogP) is 5.27. The lowest BCUT2D eigenvalue weighted by molar-refractivity contribution is 0.101. The number of benzene rings is 3. The molecule has 0 saturated heterocycles. The Labute approximate surface area is 215 Å². The summed E-state index contributed by atoms with van der Waals surface area (Å²) in [5, 5.41) is 11.8. The van der Waals surface area contributed by atoms with E-state index in [2.05, 4.69) is 31.2 Å².